The van der Waals surface area contributed by atoms with Gasteiger partial charge >= 0.3 is 0 Å². The second-order valence-electron chi connectivity index (χ2n) is 13.0. The standard InChI is InChI=1S/C36H47ClN4O2/c1-4-26(27-11-7-5-8-12-27)25-40-20-17-32(39-33(35(40)43)23-36(2,3)41-18-9-6-10-19-41)24-38-34(42)30-14-13-29-22-31(37)16-15-28(29)21-30/h5,7-8,11-16,21-22,26,32-33,39H,4,6,9-10,17-20,23-25H2,1-3H3,(H,38,42)/t26-,32+,33+/m1/s1. The molecular weight excluding hydrogens is 556 g/mol. The van der Waals surface area contributed by atoms with Crippen molar-refractivity contribution in [1.82, 2.24) is 20.4 Å². The van der Waals surface area contributed by atoms with Crippen LogP contribution >= 0.6 is 11.6 Å². The molecule has 0 aliphatic carbocycles. The van der Waals surface area contributed by atoms with Crippen LogP contribution < -0.4 is 10.6 Å². The third kappa shape index (κ3) is 7.97. The van der Waals surface area contributed by atoms with Crippen LogP contribution in [0.15, 0.2) is 66.7 Å². The van der Waals surface area contributed by atoms with Crippen molar-refractivity contribution in [1.29, 1.82) is 0 Å². The van der Waals surface area contributed by atoms with Gasteiger partial charge in [-0.3, -0.25) is 14.5 Å². The fraction of sp³-hybridized carbons (Fsp3) is 0.500. The summed E-state index contributed by atoms with van der Waals surface area (Å²) in [5, 5.41) is 9.55. The lowest BCUT2D eigenvalue weighted by atomic mass is 9.90. The van der Waals surface area contributed by atoms with Gasteiger partial charge in [-0.25, -0.2) is 0 Å². The van der Waals surface area contributed by atoms with Crippen molar-refractivity contribution in [2.75, 3.05) is 32.7 Å². The van der Waals surface area contributed by atoms with Gasteiger partial charge in [0.1, 0.15) is 0 Å². The molecule has 0 bridgehead atoms. The maximum absolute atomic E-state index is 14.2. The number of halogens is 1. The Morgan fingerprint density at radius 2 is 1.72 bits per heavy atom. The second kappa shape index (κ2) is 14.2. The molecule has 2 heterocycles. The zero-order valence-corrected chi connectivity index (χ0v) is 26.7. The highest BCUT2D eigenvalue weighted by molar-refractivity contribution is 6.31. The van der Waals surface area contributed by atoms with Crippen LogP contribution in [0.2, 0.25) is 5.02 Å². The molecule has 3 aromatic rings. The number of amides is 2. The van der Waals surface area contributed by atoms with Crippen LogP contribution in [0.3, 0.4) is 0 Å². The summed E-state index contributed by atoms with van der Waals surface area (Å²) in [6.07, 6.45) is 6.21. The van der Waals surface area contributed by atoms with Crippen molar-refractivity contribution < 1.29 is 9.59 Å². The number of hydrogen-bond donors (Lipinski definition) is 2. The Kier molecular flexibility index (Phi) is 10.4. The van der Waals surface area contributed by atoms with Gasteiger partial charge in [-0.15, -0.1) is 0 Å². The largest absolute Gasteiger partial charge is 0.350 e. The van der Waals surface area contributed by atoms with Crippen molar-refractivity contribution in [2.45, 2.75) is 82.8 Å². The molecule has 6 nitrogen and oxygen atoms in total. The molecule has 2 aliphatic rings. The molecule has 0 radical (unpaired) electrons. The van der Waals surface area contributed by atoms with Crippen LogP contribution in [-0.4, -0.2) is 72.0 Å². The molecule has 5 rings (SSSR count). The van der Waals surface area contributed by atoms with Crippen molar-refractivity contribution in [3.05, 3.63) is 82.9 Å². The number of nitrogens with one attached hydrogen (secondary N) is 2. The molecule has 7 heteroatoms. The van der Waals surface area contributed by atoms with Crippen LogP contribution in [0, 0.1) is 0 Å². The van der Waals surface area contributed by atoms with Crippen molar-refractivity contribution in [3.8, 4) is 0 Å². The molecule has 2 amide bonds. The number of benzene rings is 3. The van der Waals surface area contributed by atoms with Crippen LogP contribution in [0.1, 0.15) is 81.1 Å². The number of fused-ring (bicyclic) bond motifs is 1. The predicted molar refractivity (Wildman–Crippen MR) is 177 cm³/mol. The molecular formula is C36H47ClN4O2. The van der Waals surface area contributed by atoms with Gasteiger partial charge in [-0.05, 0) is 99.6 Å². The van der Waals surface area contributed by atoms with Gasteiger partial charge in [0.05, 0.1) is 6.04 Å². The van der Waals surface area contributed by atoms with E-state index >= 15 is 0 Å². The Balaban J connectivity index is 1.31. The summed E-state index contributed by atoms with van der Waals surface area (Å²) in [7, 11) is 0. The van der Waals surface area contributed by atoms with E-state index in [0.29, 0.717) is 36.1 Å². The molecule has 2 N–H and O–H groups in total. The molecule has 2 saturated heterocycles. The van der Waals surface area contributed by atoms with Crippen molar-refractivity contribution >= 4 is 34.2 Å². The summed E-state index contributed by atoms with van der Waals surface area (Å²) < 4.78 is 0. The summed E-state index contributed by atoms with van der Waals surface area (Å²) >= 11 is 6.14. The van der Waals surface area contributed by atoms with Gasteiger partial charge in [0.25, 0.3) is 5.91 Å². The summed E-state index contributed by atoms with van der Waals surface area (Å²) in [4.78, 5) is 32.1. The molecule has 3 aromatic carbocycles. The molecule has 0 spiro atoms. The minimum Gasteiger partial charge on any atom is -0.350 e. The van der Waals surface area contributed by atoms with E-state index in [2.05, 4.69) is 65.5 Å². The quantitative estimate of drug-likeness (QED) is 0.273. The Morgan fingerprint density at radius 3 is 2.47 bits per heavy atom. The van der Waals surface area contributed by atoms with Gasteiger partial charge in [0, 0.05) is 47.7 Å². The number of piperidine rings is 1. The lowest BCUT2D eigenvalue weighted by Crippen LogP contribution is -2.56. The maximum atomic E-state index is 14.2. The monoisotopic (exact) mass is 602 g/mol. The molecule has 43 heavy (non-hydrogen) atoms. The first kappa shape index (κ1) is 31.5. The fourth-order valence-corrected chi connectivity index (χ4v) is 7.02. The molecule has 0 unspecified atom stereocenters. The molecule has 2 fully saturated rings. The van der Waals surface area contributed by atoms with Gasteiger partial charge in [-0.1, -0.05) is 67.4 Å². The number of hydrogen-bond acceptors (Lipinski definition) is 4. The predicted octanol–water partition coefficient (Wildman–Crippen LogP) is 6.63. The molecule has 3 atom stereocenters. The summed E-state index contributed by atoms with van der Waals surface area (Å²) in [6.45, 7) is 10.8. The normalized spacial score (nSPS) is 21.0. The molecule has 230 valence electrons. The Bertz CT molecular complexity index is 1390. The van der Waals surface area contributed by atoms with Gasteiger partial charge in [-0.2, -0.15) is 0 Å². The lowest BCUT2D eigenvalue weighted by molar-refractivity contribution is -0.134. The highest BCUT2D eigenvalue weighted by atomic mass is 35.5. The van der Waals surface area contributed by atoms with E-state index < -0.39 is 0 Å². The van der Waals surface area contributed by atoms with Crippen molar-refractivity contribution in [3.63, 3.8) is 0 Å². The van der Waals surface area contributed by atoms with Crippen LogP contribution in [-0.2, 0) is 4.79 Å². The Hall–Kier alpha value is -2.93. The lowest BCUT2D eigenvalue weighted by Gasteiger charge is -2.43. The first-order valence-electron chi connectivity index (χ1n) is 16.1. The second-order valence-corrected chi connectivity index (χ2v) is 13.4. The molecule has 0 saturated carbocycles. The number of rotatable bonds is 10. The SMILES string of the molecule is CC[C@H](CN1CC[C@@H](CNC(=O)c2ccc3cc(Cl)ccc3c2)N[C@@H](CC(C)(C)N2CCCCC2)C1=O)c1ccccc1. The Morgan fingerprint density at radius 1 is 1.00 bits per heavy atom. The van der Waals surface area contributed by atoms with E-state index in [-0.39, 0.29) is 29.4 Å². The first-order valence-corrected chi connectivity index (χ1v) is 16.4. The minimum absolute atomic E-state index is 0.00359. The topological polar surface area (TPSA) is 64.7 Å². The third-order valence-corrected chi connectivity index (χ3v) is 9.72. The third-order valence-electron chi connectivity index (χ3n) is 9.49. The van der Waals surface area contributed by atoms with E-state index in [1.807, 2.05) is 42.5 Å². The Labute approximate surface area is 262 Å². The fourth-order valence-electron chi connectivity index (χ4n) is 6.83. The van der Waals surface area contributed by atoms with Gasteiger partial charge in [0.2, 0.25) is 5.91 Å². The van der Waals surface area contributed by atoms with Crippen LogP contribution in [0.25, 0.3) is 10.8 Å². The van der Waals surface area contributed by atoms with E-state index in [1.165, 1.54) is 24.8 Å². The van der Waals surface area contributed by atoms with Crippen LogP contribution in [0.5, 0.6) is 0 Å². The van der Waals surface area contributed by atoms with Gasteiger partial charge in [0.15, 0.2) is 0 Å². The number of nitrogens with zero attached hydrogens (tertiary/aromatic N) is 2. The summed E-state index contributed by atoms with van der Waals surface area (Å²) in [5.41, 5.74) is 1.80. The van der Waals surface area contributed by atoms with E-state index in [4.69, 9.17) is 11.6 Å². The smallest absolute Gasteiger partial charge is 0.251 e. The highest BCUT2D eigenvalue weighted by Crippen LogP contribution is 2.28. The van der Waals surface area contributed by atoms with E-state index in [0.717, 1.165) is 43.1 Å². The minimum atomic E-state index is -0.306. The summed E-state index contributed by atoms with van der Waals surface area (Å²) in [5.74, 6) is 0.368. The van der Waals surface area contributed by atoms with Crippen molar-refractivity contribution in [2.24, 2.45) is 0 Å². The van der Waals surface area contributed by atoms with E-state index in [1.54, 1.807) is 0 Å². The van der Waals surface area contributed by atoms with Crippen LogP contribution in [0.4, 0.5) is 0 Å². The van der Waals surface area contributed by atoms with Gasteiger partial charge < -0.3 is 15.5 Å². The zero-order chi connectivity index (χ0) is 30.4. The average molecular weight is 603 g/mol. The maximum Gasteiger partial charge on any atom is 0.251 e. The average Bonchev–Trinajstić information content (AvgIpc) is 3.16. The summed E-state index contributed by atoms with van der Waals surface area (Å²) in [6, 6.07) is 21.6. The van der Waals surface area contributed by atoms with E-state index in [9.17, 15) is 9.59 Å². The first-order chi connectivity index (χ1) is 20.7. The number of carbonyl (C=O) groups is 2. The molecule has 0 aromatic heterocycles. The molecule has 2 aliphatic heterocycles. The highest BCUT2D eigenvalue weighted by Gasteiger charge is 2.38. The number of carbonyl (C=O) groups excluding carboxylic acids is 2. The zero-order valence-electron chi connectivity index (χ0n) is 25.9. The number of likely N-dealkylation sites (tertiary alicyclic amines) is 1.